The van der Waals surface area contributed by atoms with Gasteiger partial charge in [0.1, 0.15) is 17.5 Å². The summed E-state index contributed by atoms with van der Waals surface area (Å²) in [7, 11) is 0. The lowest BCUT2D eigenvalue weighted by atomic mass is 10.00. The molecule has 2 N–H and O–H groups in total. The molecule has 1 aromatic heterocycles. The van der Waals surface area contributed by atoms with E-state index in [1.165, 1.54) is 6.20 Å². The summed E-state index contributed by atoms with van der Waals surface area (Å²) in [6.07, 6.45) is 3.46. The Bertz CT molecular complexity index is 439. The van der Waals surface area contributed by atoms with Gasteiger partial charge in [0.15, 0.2) is 0 Å². The second-order valence-electron chi connectivity index (χ2n) is 4.37. The number of aromatic nitrogens is 2. The number of rotatable bonds is 1. The molecular weight excluding hydrogens is 218 g/mol. The number of aromatic amines is 1. The number of hydrogen-bond donors (Lipinski definition) is 2. The second kappa shape index (κ2) is 4.87. The van der Waals surface area contributed by atoms with Gasteiger partial charge in [0, 0.05) is 13.1 Å². The smallest absolute Gasteiger partial charge is 0.323 e. The van der Waals surface area contributed by atoms with Gasteiger partial charge in [0.05, 0.1) is 6.20 Å². The van der Waals surface area contributed by atoms with Crippen molar-refractivity contribution in [3.63, 3.8) is 0 Å². The highest BCUT2D eigenvalue weighted by Crippen LogP contribution is 2.17. The van der Waals surface area contributed by atoms with Gasteiger partial charge < -0.3 is 4.90 Å². The summed E-state index contributed by atoms with van der Waals surface area (Å²) in [5.74, 6) is 1.05. The van der Waals surface area contributed by atoms with Gasteiger partial charge in [-0.05, 0) is 18.8 Å². The average Bonchev–Trinajstić information content (AvgIpc) is 2.77. The van der Waals surface area contributed by atoms with Crippen LogP contribution in [0.1, 0.15) is 25.3 Å². The molecule has 0 atom stereocenters. The van der Waals surface area contributed by atoms with Gasteiger partial charge in [0.25, 0.3) is 0 Å². The van der Waals surface area contributed by atoms with E-state index in [2.05, 4.69) is 22.4 Å². The summed E-state index contributed by atoms with van der Waals surface area (Å²) >= 11 is 0. The lowest BCUT2D eigenvalue weighted by molar-refractivity contribution is 0.186. The molecule has 6 nitrogen and oxygen atoms in total. The number of carbonyl (C=O) groups is 1. The van der Waals surface area contributed by atoms with E-state index in [0.29, 0.717) is 17.3 Å². The minimum Gasteiger partial charge on any atom is -0.324 e. The monoisotopic (exact) mass is 233 g/mol. The summed E-state index contributed by atoms with van der Waals surface area (Å²) in [4.78, 5) is 13.7. The largest absolute Gasteiger partial charge is 0.324 e. The fraction of sp³-hybridized carbons (Fsp3) is 0.545. The van der Waals surface area contributed by atoms with E-state index >= 15 is 0 Å². The predicted molar refractivity (Wildman–Crippen MR) is 62.3 cm³/mol. The molecule has 17 heavy (non-hydrogen) atoms. The van der Waals surface area contributed by atoms with Gasteiger partial charge in [-0.1, -0.05) is 6.92 Å². The first kappa shape index (κ1) is 11.5. The van der Waals surface area contributed by atoms with Crippen molar-refractivity contribution >= 4 is 11.8 Å². The Labute approximate surface area is 99.6 Å². The molecule has 1 saturated heterocycles. The van der Waals surface area contributed by atoms with Gasteiger partial charge >= 0.3 is 6.03 Å². The van der Waals surface area contributed by atoms with Crippen LogP contribution >= 0.6 is 0 Å². The molecule has 0 saturated carbocycles. The fourth-order valence-electron chi connectivity index (χ4n) is 1.86. The number of hydrogen-bond acceptors (Lipinski definition) is 3. The number of amides is 2. The Morgan fingerprint density at radius 1 is 1.65 bits per heavy atom. The Morgan fingerprint density at radius 2 is 2.35 bits per heavy atom. The third-order valence-electron chi connectivity index (χ3n) is 3.06. The summed E-state index contributed by atoms with van der Waals surface area (Å²) < 4.78 is 0. The molecule has 1 aliphatic rings. The lowest BCUT2D eigenvalue weighted by Gasteiger charge is -2.30. The molecule has 0 spiro atoms. The molecule has 1 aliphatic heterocycles. The number of piperidine rings is 1. The number of urea groups is 1. The second-order valence-corrected chi connectivity index (χ2v) is 4.37. The van der Waals surface area contributed by atoms with Crippen molar-refractivity contribution in [3.05, 3.63) is 11.8 Å². The maximum atomic E-state index is 11.9. The molecule has 2 amide bonds. The highest BCUT2D eigenvalue weighted by Gasteiger charge is 2.21. The van der Waals surface area contributed by atoms with Crippen LogP contribution in [-0.4, -0.2) is 34.2 Å². The third kappa shape index (κ3) is 2.56. The van der Waals surface area contributed by atoms with E-state index in [1.807, 2.05) is 6.07 Å². The number of anilines is 1. The van der Waals surface area contributed by atoms with Crippen molar-refractivity contribution < 1.29 is 4.79 Å². The molecule has 90 valence electrons. The van der Waals surface area contributed by atoms with Crippen molar-refractivity contribution in [2.24, 2.45) is 5.92 Å². The van der Waals surface area contributed by atoms with Crippen LogP contribution in [0.5, 0.6) is 0 Å². The molecule has 1 fully saturated rings. The first-order chi connectivity index (χ1) is 8.20. The molecule has 0 aromatic carbocycles. The van der Waals surface area contributed by atoms with Gasteiger partial charge in [-0.15, -0.1) is 0 Å². The first-order valence-corrected chi connectivity index (χ1v) is 5.70. The van der Waals surface area contributed by atoms with Gasteiger partial charge in [-0.2, -0.15) is 10.4 Å². The summed E-state index contributed by atoms with van der Waals surface area (Å²) in [5, 5.41) is 17.8. The molecule has 2 heterocycles. The highest BCUT2D eigenvalue weighted by molar-refractivity contribution is 5.89. The van der Waals surface area contributed by atoms with Gasteiger partial charge in [-0.3, -0.25) is 10.4 Å². The maximum Gasteiger partial charge on any atom is 0.323 e. The number of carbonyl (C=O) groups excluding carboxylic acids is 1. The molecule has 2 rings (SSSR count). The quantitative estimate of drug-likeness (QED) is 0.771. The third-order valence-corrected chi connectivity index (χ3v) is 3.06. The molecule has 0 unspecified atom stereocenters. The summed E-state index contributed by atoms with van der Waals surface area (Å²) in [6.45, 7) is 3.73. The SMILES string of the molecule is CC1CCN(C(=O)Nc2[nH]ncc2C#N)CC1. The van der Waals surface area contributed by atoms with Crippen LogP contribution in [-0.2, 0) is 0 Å². The number of nitrogens with one attached hydrogen (secondary N) is 2. The van der Waals surface area contributed by atoms with Crippen LogP contribution in [0.4, 0.5) is 10.6 Å². The predicted octanol–water partition coefficient (Wildman–Crippen LogP) is 1.55. The zero-order chi connectivity index (χ0) is 12.3. The molecular formula is C11H15N5O. The van der Waals surface area contributed by atoms with Crippen molar-refractivity contribution in [2.45, 2.75) is 19.8 Å². The zero-order valence-electron chi connectivity index (χ0n) is 9.73. The standard InChI is InChI=1S/C11H15N5O/c1-8-2-4-16(5-3-8)11(17)14-10-9(6-12)7-13-15-10/h7-8H,2-5H2,1H3,(H2,13,14,15,17). The number of nitriles is 1. The van der Waals surface area contributed by atoms with Gasteiger partial charge in [0.2, 0.25) is 0 Å². The number of H-pyrrole nitrogens is 1. The summed E-state index contributed by atoms with van der Waals surface area (Å²) in [5.41, 5.74) is 0.351. The topological polar surface area (TPSA) is 84.8 Å². The van der Waals surface area contributed by atoms with Crippen LogP contribution in [0.3, 0.4) is 0 Å². The van der Waals surface area contributed by atoms with Crippen LogP contribution < -0.4 is 5.32 Å². The van der Waals surface area contributed by atoms with E-state index in [4.69, 9.17) is 5.26 Å². The van der Waals surface area contributed by atoms with E-state index in [0.717, 1.165) is 25.9 Å². The molecule has 0 aliphatic carbocycles. The normalized spacial score (nSPS) is 16.6. The van der Waals surface area contributed by atoms with Crippen LogP contribution in [0, 0.1) is 17.2 Å². The molecule has 0 radical (unpaired) electrons. The van der Waals surface area contributed by atoms with E-state index < -0.39 is 0 Å². The Morgan fingerprint density at radius 3 is 3.00 bits per heavy atom. The highest BCUT2D eigenvalue weighted by atomic mass is 16.2. The van der Waals surface area contributed by atoms with Crippen molar-refractivity contribution in [1.29, 1.82) is 5.26 Å². The Kier molecular flexibility index (Phi) is 3.28. The zero-order valence-corrected chi connectivity index (χ0v) is 9.73. The lowest BCUT2D eigenvalue weighted by Crippen LogP contribution is -2.40. The maximum absolute atomic E-state index is 11.9. The van der Waals surface area contributed by atoms with Crippen molar-refractivity contribution in [1.82, 2.24) is 15.1 Å². The van der Waals surface area contributed by atoms with E-state index in [1.54, 1.807) is 4.90 Å². The fourth-order valence-corrected chi connectivity index (χ4v) is 1.86. The van der Waals surface area contributed by atoms with Crippen LogP contribution in [0.15, 0.2) is 6.20 Å². The van der Waals surface area contributed by atoms with Crippen molar-refractivity contribution in [2.75, 3.05) is 18.4 Å². The van der Waals surface area contributed by atoms with E-state index in [-0.39, 0.29) is 6.03 Å². The molecule has 1 aromatic rings. The number of likely N-dealkylation sites (tertiary alicyclic amines) is 1. The Balaban J connectivity index is 1.96. The van der Waals surface area contributed by atoms with Crippen molar-refractivity contribution in [3.8, 4) is 6.07 Å². The summed E-state index contributed by atoms with van der Waals surface area (Å²) in [6, 6.07) is 1.80. The van der Waals surface area contributed by atoms with Gasteiger partial charge in [-0.25, -0.2) is 4.79 Å². The number of nitrogens with zero attached hydrogens (tertiary/aromatic N) is 3. The minimum atomic E-state index is -0.169. The van der Waals surface area contributed by atoms with E-state index in [9.17, 15) is 4.79 Å². The Hall–Kier alpha value is -2.03. The minimum absolute atomic E-state index is 0.169. The average molecular weight is 233 g/mol. The van der Waals surface area contributed by atoms with Crippen LogP contribution in [0.2, 0.25) is 0 Å². The molecule has 0 bridgehead atoms. The first-order valence-electron chi connectivity index (χ1n) is 5.70. The van der Waals surface area contributed by atoms with Crippen LogP contribution in [0.25, 0.3) is 0 Å². The molecule has 6 heteroatoms.